The third kappa shape index (κ3) is 4.63. The van der Waals surface area contributed by atoms with Crippen LogP contribution in [0.2, 0.25) is 0 Å². The van der Waals surface area contributed by atoms with Crippen molar-refractivity contribution in [3.8, 4) is 16.9 Å². The highest BCUT2D eigenvalue weighted by atomic mass is 19.4. The molecule has 2 aromatic rings. The zero-order valence-corrected chi connectivity index (χ0v) is 18.4. The average molecular weight is 448 g/mol. The van der Waals surface area contributed by atoms with E-state index in [1.165, 1.54) is 6.07 Å². The Morgan fingerprint density at radius 3 is 2.47 bits per heavy atom. The quantitative estimate of drug-likeness (QED) is 0.566. The van der Waals surface area contributed by atoms with Crippen molar-refractivity contribution in [2.45, 2.75) is 70.3 Å². The average Bonchev–Trinajstić information content (AvgIpc) is 3.54. The first-order valence-corrected chi connectivity index (χ1v) is 10.9. The number of fused-ring (bicyclic) bond motifs is 1. The van der Waals surface area contributed by atoms with Gasteiger partial charge in [0.1, 0.15) is 5.75 Å². The molecule has 1 heterocycles. The smallest absolute Gasteiger partial charge is 0.416 e. The Morgan fingerprint density at radius 1 is 1.16 bits per heavy atom. The second-order valence-electron chi connectivity index (χ2n) is 9.49. The first-order chi connectivity index (χ1) is 15.0. The lowest BCUT2D eigenvalue weighted by molar-refractivity contribution is -0.163. The highest BCUT2D eigenvalue weighted by Crippen LogP contribution is 2.51. The molecule has 1 atom stereocenters. The van der Waals surface area contributed by atoms with Gasteiger partial charge in [-0.3, -0.25) is 0 Å². The van der Waals surface area contributed by atoms with Crippen LogP contribution in [0.3, 0.4) is 0 Å². The van der Waals surface area contributed by atoms with Crippen LogP contribution < -0.4 is 4.74 Å². The van der Waals surface area contributed by atoms with Crippen molar-refractivity contribution in [2.75, 3.05) is 6.61 Å². The summed E-state index contributed by atoms with van der Waals surface area (Å²) < 4.78 is 53.9. The van der Waals surface area contributed by atoms with E-state index in [1.54, 1.807) is 32.9 Å². The molecule has 1 fully saturated rings. The summed E-state index contributed by atoms with van der Waals surface area (Å²) in [5.74, 6) is -0.606. The molecule has 0 amide bonds. The van der Waals surface area contributed by atoms with Crippen LogP contribution in [-0.4, -0.2) is 23.3 Å². The Labute approximate surface area is 185 Å². The molecule has 2 aromatic carbocycles. The zero-order chi connectivity index (χ0) is 23.3. The molecule has 32 heavy (non-hydrogen) atoms. The third-order valence-corrected chi connectivity index (χ3v) is 5.76. The van der Waals surface area contributed by atoms with Crippen molar-refractivity contribution in [1.82, 2.24) is 0 Å². The monoisotopic (exact) mass is 448 g/mol. The molecule has 172 valence electrons. The Morgan fingerprint density at radius 2 is 1.88 bits per heavy atom. The number of carboxylic acid groups (broad SMARTS) is 1. The maximum Gasteiger partial charge on any atom is 0.416 e. The first-order valence-electron chi connectivity index (χ1n) is 10.9. The highest BCUT2D eigenvalue weighted by molar-refractivity contribution is 5.83. The Bertz CT molecular complexity index is 1030. The van der Waals surface area contributed by atoms with Crippen molar-refractivity contribution < 1.29 is 32.5 Å². The lowest BCUT2D eigenvalue weighted by Gasteiger charge is -2.30. The number of halogens is 3. The largest absolute Gasteiger partial charge is 0.493 e. The molecule has 0 bridgehead atoms. The lowest BCUT2D eigenvalue weighted by Crippen LogP contribution is -2.29. The van der Waals surface area contributed by atoms with E-state index in [4.69, 9.17) is 9.47 Å². The summed E-state index contributed by atoms with van der Waals surface area (Å²) in [6.07, 6.45) is -3.16. The van der Waals surface area contributed by atoms with E-state index >= 15 is 0 Å². The molecule has 0 spiro atoms. The Kier molecular flexibility index (Phi) is 5.74. The van der Waals surface area contributed by atoms with Crippen LogP contribution in [0.5, 0.6) is 5.75 Å². The van der Waals surface area contributed by atoms with E-state index in [0.717, 1.165) is 48.6 Å². The Balaban J connectivity index is 2.01. The van der Waals surface area contributed by atoms with Gasteiger partial charge in [-0.15, -0.1) is 0 Å². The second kappa shape index (κ2) is 8.10. The second-order valence-corrected chi connectivity index (χ2v) is 9.49. The van der Waals surface area contributed by atoms with Crippen LogP contribution in [0.15, 0.2) is 30.3 Å². The number of hydrogen-bond donors (Lipinski definition) is 1. The van der Waals surface area contributed by atoms with E-state index in [-0.39, 0.29) is 11.5 Å². The zero-order valence-electron chi connectivity index (χ0n) is 18.4. The summed E-state index contributed by atoms with van der Waals surface area (Å²) in [4.78, 5) is 12.3. The van der Waals surface area contributed by atoms with Gasteiger partial charge in [0, 0.05) is 5.56 Å². The van der Waals surface area contributed by atoms with Crippen LogP contribution in [0.4, 0.5) is 13.2 Å². The summed E-state index contributed by atoms with van der Waals surface area (Å²) in [6, 6.07) is 7.85. The molecular weight excluding hydrogens is 421 g/mol. The van der Waals surface area contributed by atoms with Gasteiger partial charge in [-0.05, 0) is 92.8 Å². The molecule has 0 aromatic heterocycles. The number of ether oxygens (including phenoxy) is 2. The normalized spacial score (nSPS) is 17.4. The van der Waals surface area contributed by atoms with E-state index in [9.17, 15) is 23.1 Å². The number of benzene rings is 2. The predicted molar refractivity (Wildman–Crippen MR) is 114 cm³/mol. The van der Waals surface area contributed by atoms with Crippen molar-refractivity contribution >= 4 is 5.97 Å². The maximum atomic E-state index is 14.2. The highest BCUT2D eigenvalue weighted by Gasteiger charge is 2.42. The third-order valence-electron chi connectivity index (χ3n) is 5.76. The fourth-order valence-electron chi connectivity index (χ4n) is 4.31. The van der Waals surface area contributed by atoms with Crippen molar-refractivity contribution in [3.63, 3.8) is 0 Å². The van der Waals surface area contributed by atoms with Crippen molar-refractivity contribution in [1.29, 1.82) is 0 Å². The molecule has 1 aliphatic heterocycles. The van der Waals surface area contributed by atoms with Crippen molar-refractivity contribution in [2.24, 2.45) is 0 Å². The van der Waals surface area contributed by atoms with Crippen LogP contribution in [0, 0.1) is 0 Å². The van der Waals surface area contributed by atoms with Gasteiger partial charge < -0.3 is 14.6 Å². The number of carbonyl (C=O) groups is 1. The molecule has 1 N–H and O–H groups in total. The van der Waals surface area contributed by atoms with Gasteiger partial charge in [0.2, 0.25) is 0 Å². The molecule has 0 saturated heterocycles. The van der Waals surface area contributed by atoms with Crippen LogP contribution >= 0.6 is 0 Å². The molecule has 7 heteroatoms. The van der Waals surface area contributed by atoms with Gasteiger partial charge in [0.25, 0.3) is 0 Å². The molecule has 4 rings (SSSR count). The van der Waals surface area contributed by atoms with E-state index < -0.39 is 29.4 Å². The number of alkyl halides is 3. The molecule has 1 aliphatic carbocycles. The van der Waals surface area contributed by atoms with Gasteiger partial charge in [0.05, 0.1) is 17.8 Å². The first kappa shape index (κ1) is 22.6. The molecule has 2 aliphatic rings. The number of aliphatic carboxylic acids is 1. The van der Waals surface area contributed by atoms with Crippen LogP contribution in [0.25, 0.3) is 11.1 Å². The number of carboxylic acids is 1. The van der Waals surface area contributed by atoms with E-state index in [0.29, 0.717) is 17.7 Å². The fourth-order valence-corrected chi connectivity index (χ4v) is 4.31. The minimum absolute atomic E-state index is 0.113. The summed E-state index contributed by atoms with van der Waals surface area (Å²) >= 11 is 0. The number of rotatable bonds is 5. The van der Waals surface area contributed by atoms with Gasteiger partial charge in [0.15, 0.2) is 6.10 Å². The molecule has 1 unspecified atom stereocenters. The van der Waals surface area contributed by atoms with Crippen molar-refractivity contribution in [3.05, 3.63) is 52.6 Å². The van der Waals surface area contributed by atoms with Gasteiger partial charge in [-0.2, -0.15) is 13.2 Å². The lowest BCUT2D eigenvalue weighted by atomic mass is 9.84. The summed E-state index contributed by atoms with van der Waals surface area (Å²) in [5, 5.41) is 9.98. The molecule has 4 nitrogen and oxygen atoms in total. The predicted octanol–water partition coefficient (Wildman–Crippen LogP) is 6.52. The maximum absolute atomic E-state index is 14.2. The Hall–Kier alpha value is -2.54. The summed E-state index contributed by atoms with van der Waals surface area (Å²) in [6.45, 7) is 5.51. The minimum Gasteiger partial charge on any atom is -0.493 e. The number of hydrogen-bond acceptors (Lipinski definition) is 3. The minimum atomic E-state index is -4.72. The van der Waals surface area contributed by atoms with E-state index in [2.05, 4.69) is 0 Å². The standard InChI is InChI=1S/C25H27F3O4/c1-24(2,3)32-22(23(29)30)21-18(25(26,27)28)10-9-17(14-6-7-14)20(21)16-8-11-19-15(13-16)5-4-12-31-19/h8-11,13-14,22H,4-7,12H2,1-3H3,(H,29,30). The molecule has 1 saturated carbocycles. The van der Waals surface area contributed by atoms with Crippen LogP contribution in [-0.2, 0) is 22.1 Å². The van der Waals surface area contributed by atoms with Gasteiger partial charge in [-0.25, -0.2) is 4.79 Å². The van der Waals surface area contributed by atoms with Crippen LogP contribution in [0.1, 0.15) is 74.3 Å². The molecular formula is C25H27F3O4. The SMILES string of the molecule is CC(C)(C)OC(C(=O)O)c1c(C(F)(F)F)ccc(C2CC2)c1-c1ccc2c(c1)CCCO2. The topological polar surface area (TPSA) is 55.8 Å². The van der Waals surface area contributed by atoms with Gasteiger partial charge in [-0.1, -0.05) is 12.1 Å². The molecule has 0 radical (unpaired) electrons. The van der Waals surface area contributed by atoms with Gasteiger partial charge >= 0.3 is 12.1 Å². The summed E-state index contributed by atoms with van der Waals surface area (Å²) in [5.41, 5.74) is 0.315. The summed E-state index contributed by atoms with van der Waals surface area (Å²) in [7, 11) is 0. The fraction of sp³-hybridized carbons (Fsp3) is 0.480. The number of aryl methyl sites for hydroxylation is 1. The van der Waals surface area contributed by atoms with E-state index in [1.807, 2.05) is 6.07 Å².